The number of benzene rings is 1. The summed E-state index contributed by atoms with van der Waals surface area (Å²) in [7, 11) is 1.68. The van der Waals surface area contributed by atoms with Crippen LogP contribution in [0.5, 0.6) is 0 Å². The number of ether oxygens (including phenoxy) is 1. The van der Waals surface area contributed by atoms with Crippen LogP contribution in [0.1, 0.15) is 28.8 Å². The van der Waals surface area contributed by atoms with Crippen LogP contribution in [0.4, 0.5) is 0 Å². The molecule has 0 radical (unpaired) electrons. The van der Waals surface area contributed by atoms with Gasteiger partial charge in [-0.1, -0.05) is 12.1 Å². The van der Waals surface area contributed by atoms with E-state index in [1.165, 1.54) is 31.5 Å². The molecule has 1 aromatic carbocycles. The Morgan fingerprint density at radius 1 is 1.23 bits per heavy atom. The maximum absolute atomic E-state index is 12.1. The molecule has 0 bridgehead atoms. The summed E-state index contributed by atoms with van der Waals surface area (Å²) < 4.78 is 4.95. The minimum atomic E-state index is -0.00295. The summed E-state index contributed by atoms with van der Waals surface area (Å²) in [6.45, 7) is 6.15. The Balaban J connectivity index is 1.74. The molecule has 1 fully saturated rings. The van der Waals surface area contributed by atoms with E-state index in [1.807, 2.05) is 18.2 Å². The highest BCUT2D eigenvalue weighted by atomic mass is 16.5. The van der Waals surface area contributed by atoms with E-state index in [0.717, 1.165) is 25.2 Å². The first-order valence-corrected chi connectivity index (χ1v) is 8.09. The quantitative estimate of drug-likeness (QED) is 0.674. The van der Waals surface area contributed by atoms with E-state index in [1.54, 1.807) is 7.11 Å². The van der Waals surface area contributed by atoms with E-state index in [-0.39, 0.29) is 5.91 Å². The van der Waals surface area contributed by atoms with Crippen molar-refractivity contribution < 1.29 is 9.53 Å². The van der Waals surface area contributed by atoms with E-state index in [9.17, 15) is 4.79 Å². The van der Waals surface area contributed by atoms with Gasteiger partial charge in [-0.15, -0.1) is 0 Å². The zero-order valence-electron chi connectivity index (χ0n) is 13.4. The van der Waals surface area contributed by atoms with Crippen LogP contribution in [0.25, 0.3) is 0 Å². The third-order valence-corrected chi connectivity index (χ3v) is 3.86. The first kappa shape index (κ1) is 16.9. The number of likely N-dealkylation sites (tertiary alicyclic amines) is 1. The summed E-state index contributed by atoms with van der Waals surface area (Å²) in [6, 6.07) is 7.95. The lowest BCUT2D eigenvalue weighted by molar-refractivity contribution is 0.0953. The lowest BCUT2D eigenvalue weighted by atomic mass is 10.1. The summed E-state index contributed by atoms with van der Waals surface area (Å²) >= 11 is 0. The molecule has 22 heavy (non-hydrogen) atoms. The molecule has 0 spiro atoms. The zero-order chi connectivity index (χ0) is 15.6. The predicted octanol–water partition coefficient (Wildman–Crippen LogP) is 1.25. The fourth-order valence-corrected chi connectivity index (χ4v) is 2.68. The predicted molar refractivity (Wildman–Crippen MR) is 88.0 cm³/mol. The molecule has 0 atom stereocenters. The van der Waals surface area contributed by atoms with Gasteiger partial charge in [0.25, 0.3) is 5.91 Å². The van der Waals surface area contributed by atoms with Crippen LogP contribution in [-0.4, -0.2) is 57.2 Å². The number of hydrogen-bond donors (Lipinski definition) is 2. The Kier molecular flexibility index (Phi) is 7.36. The highest BCUT2D eigenvalue weighted by Crippen LogP contribution is 2.13. The molecule has 2 rings (SSSR count). The zero-order valence-corrected chi connectivity index (χ0v) is 13.4. The SMILES string of the molecule is COCCNCCNC(=O)c1cccc(CN2CCCC2)c1. The highest BCUT2D eigenvalue weighted by Gasteiger charge is 2.12. The van der Waals surface area contributed by atoms with Crippen LogP contribution in [-0.2, 0) is 11.3 Å². The maximum Gasteiger partial charge on any atom is 0.251 e. The molecule has 1 amide bonds. The van der Waals surface area contributed by atoms with Gasteiger partial charge in [-0.2, -0.15) is 0 Å². The number of nitrogens with one attached hydrogen (secondary N) is 2. The van der Waals surface area contributed by atoms with E-state index >= 15 is 0 Å². The molecule has 2 N–H and O–H groups in total. The number of nitrogens with zero attached hydrogens (tertiary/aromatic N) is 1. The fraction of sp³-hybridized carbons (Fsp3) is 0.588. The minimum absolute atomic E-state index is 0.00295. The van der Waals surface area contributed by atoms with Crippen LogP contribution < -0.4 is 10.6 Å². The fourth-order valence-electron chi connectivity index (χ4n) is 2.68. The second kappa shape index (κ2) is 9.56. The van der Waals surface area contributed by atoms with Crippen molar-refractivity contribution in [2.75, 3.05) is 46.4 Å². The van der Waals surface area contributed by atoms with Gasteiger partial charge in [-0.3, -0.25) is 9.69 Å². The van der Waals surface area contributed by atoms with Gasteiger partial charge in [-0.05, 0) is 43.6 Å². The van der Waals surface area contributed by atoms with Crippen molar-refractivity contribution in [1.29, 1.82) is 0 Å². The number of amides is 1. The van der Waals surface area contributed by atoms with Crippen LogP contribution in [0, 0.1) is 0 Å². The molecule has 0 unspecified atom stereocenters. The molecule has 122 valence electrons. The van der Waals surface area contributed by atoms with Gasteiger partial charge in [-0.25, -0.2) is 0 Å². The summed E-state index contributed by atoms with van der Waals surface area (Å²) in [5.41, 5.74) is 1.96. The molecule has 0 saturated carbocycles. The smallest absolute Gasteiger partial charge is 0.251 e. The monoisotopic (exact) mass is 305 g/mol. The van der Waals surface area contributed by atoms with Crippen molar-refractivity contribution in [3.05, 3.63) is 35.4 Å². The summed E-state index contributed by atoms with van der Waals surface area (Å²) in [5, 5.41) is 6.15. The molecule has 1 aliphatic rings. The second-order valence-corrected chi connectivity index (χ2v) is 5.68. The average molecular weight is 305 g/mol. The van der Waals surface area contributed by atoms with Crippen LogP contribution in [0.2, 0.25) is 0 Å². The van der Waals surface area contributed by atoms with Crippen LogP contribution >= 0.6 is 0 Å². The maximum atomic E-state index is 12.1. The Hall–Kier alpha value is -1.43. The van der Waals surface area contributed by atoms with E-state index in [0.29, 0.717) is 13.2 Å². The van der Waals surface area contributed by atoms with Crippen molar-refractivity contribution in [2.24, 2.45) is 0 Å². The number of rotatable bonds is 9. The summed E-state index contributed by atoms with van der Waals surface area (Å²) in [4.78, 5) is 14.6. The number of carbonyl (C=O) groups excluding carboxylic acids is 1. The highest BCUT2D eigenvalue weighted by molar-refractivity contribution is 5.94. The van der Waals surface area contributed by atoms with Crippen LogP contribution in [0.15, 0.2) is 24.3 Å². The Morgan fingerprint density at radius 2 is 2.05 bits per heavy atom. The summed E-state index contributed by atoms with van der Waals surface area (Å²) in [5.74, 6) is -0.00295. The van der Waals surface area contributed by atoms with E-state index in [2.05, 4.69) is 21.6 Å². The Morgan fingerprint density at radius 3 is 2.82 bits per heavy atom. The van der Waals surface area contributed by atoms with Gasteiger partial charge in [0.15, 0.2) is 0 Å². The lowest BCUT2D eigenvalue weighted by Crippen LogP contribution is -2.33. The Labute approximate surface area is 133 Å². The van der Waals surface area contributed by atoms with Gasteiger partial charge >= 0.3 is 0 Å². The topological polar surface area (TPSA) is 53.6 Å². The lowest BCUT2D eigenvalue weighted by Gasteiger charge is -2.15. The number of methoxy groups -OCH3 is 1. The van der Waals surface area contributed by atoms with Crippen molar-refractivity contribution in [2.45, 2.75) is 19.4 Å². The van der Waals surface area contributed by atoms with E-state index < -0.39 is 0 Å². The summed E-state index contributed by atoms with van der Waals surface area (Å²) in [6.07, 6.45) is 2.58. The molecule has 1 aliphatic heterocycles. The van der Waals surface area contributed by atoms with Crippen molar-refractivity contribution in [3.8, 4) is 0 Å². The van der Waals surface area contributed by atoms with Gasteiger partial charge in [0.05, 0.1) is 6.61 Å². The molecular formula is C17H27N3O2. The normalized spacial score (nSPS) is 15.1. The van der Waals surface area contributed by atoms with E-state index in [4.69, 9.17) is 4.74 Å². The second-order valence-electron chi connectivity index (χ2n) is 5.68. The molecule has 1 saturated heterocycles. The third-order valence-electron chi connectivity index (χ3n) is 3.86. The van der Waals surface area contributed by atoms with Crippen molar-refractivity contribution in [1.82, 2.24) is 15.5 Å². The number of carbonyl (C=O) groups is 1. The van der Waals surface area contributed by atoms with Gasteiger partial charge in [0.1, 0.15) is 0 Å². The van der Waals surface area contributed by atoms with Crippen LogP contribution in [0.3, 0.4) is 0 Å². The molecule has 1 heterocycles. The molecule has 5 nitrogen and oxygen atoms in total. The molecular weight excluding hydrogens is 278 g/mol. The molecule has 5 heteroatoms. The third kappa shape index (κ3) is 5.75. The van der Waals surface area contributed by atoms with Gasteiger partial charge in [0, 0.05) is 38.9 Å². The largest absolute Gasteiger partial charge is 0.383 e. The molecule has 0 aliphatic carbocycles. The minimum Gasteiger partial charge on any atom is -0.383 e. The molecule has 0 aromatic heterocycles. The van der Waals surface area contributed by atoms with Gasteiger partial charge in [0.2, 0.25) is 0 Å². The number of hydrogen-bond acceptors (Lipinski definition) is 4. The Bertz CT molecular complexity index is 459. The van der Waals surface area contributed by atoms with Crippen molar-refractivity contribution in [3.63, 3.8) is 0 Å². The standard InChI is InChI=1S/C17H27N3O2/c1-22-12-9-18-7-8-19-17(21)16-6-4-5-15(13-16)14-20-10-2-3-11-20/h4-6,13,18H,2-3,7-12,14H2,1H3,(H,19,21). The first-order chi connectivity index (χ1) is 10.8. The molecule has 1 aromatic rings. The first-order valence-electron chi connectivity index (χ1n) is 8.09. The van der Waals surface area contributed by atoms with Crippen molar-refractivity contribution >= 4 is 5.91 Å². The van der Waals surface area contributed by atoms with Gasteiger partial charge < -0.3 is 15.4 Å². The average Bonchev–Trinajstić information content (AvgIpc) is 3.04.